The van der Waals surface area contributed by atoms with Crippen molar-refractivity contribution >= 4 is 0 Å². The van der Waals surface area contributed by atoms with E-state index in [4.69, 9.17) is 0 Å². The maximum Gasteiger partial charge on any atom is 0.0608 e. The molecule has 0 saturated heterocycles. The molecule has 0 aromatic heterocycles. The highest BCUT2D eigenvalue weighted by molar-refractivity contribution is 5.26. The van der Waals surface area contributed by atoms with Gasteiger partial charge >= 0.3 is 0 Å². The topological polar surface area (TPSA) is 40.5 Å². The van der Waals surface area contributed by atoms with Gasteiger partial charge in [0.15, 0.2) is 0 Å². The fraction of sp³-hybridized carbons (Fsp3) is 0.818. The lowest BCUT2D eigenvalue weighted by atomic mass is 9.47. The Kier molecular flexibility index (Phi) is 4.01. The van der Waals surface area contributed by atoms with E-state index in [1.165, 1.54) is 31.3 Å². The molecule has 4 rings (SSSR count). The Morgan fingerprint density at radius 2 is 2.00 bits per heavy atom. The zero-order valence-corrected chi connectivity index (χ0v) is 15.4. The maximum absolute atomic E-state index is 10.6. The normalized spacial score (nSPS) is 53.6. The zero-order valence-electron chi connectivity index (χ0n) is 15.4. The predicted octanol–water partition coefficient (Wildman–Crippen LogP) is 4.47. The molecule has 0 radical (unpaired) electrons. The molecule has 0 amide bonds. The van der Waals surface area contributed by atoms with Crippen molar-refractivity contribution in [3.63, 3.8) is 0 Å². The SMILES string of the molecule is C=CCC1C[C@@]2(C)C(=CC[C@@H]3[C@H]2CC[C@]2(C)C(O)CC[C@@H]32)CC1O. The Labute approximate surface area is 147 Å². The van der Waals surface area contributed by atoms with Crippen molar-refractivity contribution in [3.05, 3.63) is 24.3 Å². The van der Waals surface area contributed by atoms with Crippen molar-refractivity contribution in [2.24, 2.45) is 34.5 Å². The third kappa shape index (κ3) is 2.22. The van der Waals surface area contributed by atoms with Gasteiger partial charge in [-0.25, -0.2) is 0 Å². The number of aliphatic hydroxyl groups is 2. The third-order valence-electron chi connectivity index (χ3n) is 8.70. The molecule has 134 valence electrons. The summed E-state index contributed by atoms with van der Waals surface area (Å²) in [7, 11) is 0. The van der Waals surface area contributed by atoms with E-state index in [9.17, 15) is 10.2 Å². The van der Waals surface area contributed by atoms with Crippen LogP contribution < -0.4 is 0 Å². The summed E-state index contributed by atoms with van der Waals surface area (Å²) in [5.74, 6) is 2.52. The van der Waals surface area contributed by atoms with Gasteiger partial charge in [0.25, 0.3) is 0 Å². The lowest BCUT2D eigenvalue weighted by Crippen LogP contribution is -2.52. The highest BCUT2D eigenvalue weighted by Gasteiger charge is 2.59. The Hall–Kier alpha value is -0.600. The fourth-order valence-corrected chi connectivity index (χ4v) is 7.26. The highest BCUT2D eigenvalue weighted by Crippen LogP contribution is 2.65. The van der Waals surface area contributed by atoms with E-state index >= 15 is 0 Å². The van der Waals surface area contributed by atoms with Gasteiger partial charge < -0.3 is 10.2 Å². The Morgan fingerprint density at radius 1 is 1.21 bits per heavy atom. The standard InChI is InChI=1S/C22H34O2/c1-4-5-14-13-22(3)15(12-19(14)23)6-7-16-17-8-9-20(24)21(17,2)11-10-18(16)22/h4,6,14,16-20,23-24H,1,5,7-13H2,2-3H3/t14?,16-,17-,18+,19?,20?,21-,22-/m0/s1. The van der Waals surface area contributed by atoms with Gasteiger partial charge in [0.2, 0.25) is 0 Å². The summed E-state index contributed by atoms with van der Waals surface area (Å²) in [5, 5.41) is 21.1. The molecule has 0 bridgehead atoms. The van der Waals surface area contributed by atoms with Crippen LogP contribution >= 0.6 is 0 Å². The van der Waals surface area contributed by atoms with Gasteiger partial charge in [0, 0.05) is 0 Å². The summed E-state index contributed by atoms with van der Waals surface area (Å²) in [6.45, 7) is 8.73. The molecule has 0 spiro atoms. The average molecular weight is 331 g/mol. The van der Waals surface area contributed by atoms with Gasteiger partial charge in [0.05, 0.1) is 12.2 Å². The van der Waals surface area contributed by atoms with Crippen LogP contribution in [0.3, 0.4) is 0 Å². The summed E-state index contributed by atoms with van der Waals surface area (Å²) in [6, 6.07) is 0. The van der Waals surface area contributed by atoms with Gasteiger partial charge in [-0.1, -0.05) is 31.6 Å². The summed E-state index contributed by atoms with van der Waals surface area (Å²) in [4.78, 5) is 0. The molecule has 0 aliphatic heterocycles. The molecule has 2 nitrogen and oxygen atoms in total. The van der Waals surface area contributed by atoms with Crippen LogP contribution in [0.15, 0.2) is 24.3 Å². The van der Waals surface area contributed by atoms with Crippen LogP contribution in [0.5, 0.6) is 0 Å². The molecule has 3 unspecified atom stereocenters. The van der Waals surface area contributed by atoms with Crippen molar-refractivity contribution in [1.82, 2.24) is 0 Å². The van der Waals surface area contributed by atoms with E-state index in [1.54, 1.807) is 0 Å². The van der Waals surface area contributed by atoms with E-state index in [-0.39, 0.29) is 23.0 Å². The third-order valence-corrected chi connectivity index (χ3v) is 8.70. The van der Waals surface area contributed by atoms with E-state index < -0.39 is 0 Å². The molecule has 24 heavy (non-hydrogen) atoms. The van der Waals surface area contributed by atoms with Gasteiger partial charge in [0.1, 0.15) is 0 Å². The van der Waals surface area contributed by atoms with Crippen molar-refractivity contribution in [1.29, 1.82) is 0 Å². The van der Waals surface area contributed by atoms with Crippen molar-refractivity contribution in [2.75, 3.05) is 0 Å². The largest absolute Gasteiger partial charge is 0.393 e. The summed E-state index contributed by atoms with van der Waals surface area (Å²) in [5.41, 5.74) is 1.93. The molecular weight excluding hydrogens is 296 g/mol. The van der Waals surface area contributed by atoms with Crippen LogP contribution in [0, 0.1) is 34.5 Å². The van der Waals surface area contributed by atoms with Crippen molar-refractivity contribution in [3.8, 4) is 0 Å². The quantitative estimate of drug-likeness (QED) is 0.733. The minimum atomic E-state index is -0.193. The van der Waals surface area contributed by atoms with E-state index in [1.807, 2.05) is 6.08 Å². The van der Waals surface area contributed by atoms with Crippen LogP contribution in [0.1, 0.15) is 65.2 Å². The highest BCUT2D eigenvalue weighted by atomic mass is 16.3. The molecule has 4 aliphatic carbocycles. The number of hydrogen-bond acceptors (Lipinski definition) is 2. The van der Waals surface area contributed by atoms with Crippen LogP contribution in [-0.2, 0) is 0 Å². The van der Waals surface area contributed by atoms with Crippen LogP contribution in [0.25, 0.3) is 0 Å². The van der Waals surface area contributed by atoms with Gasteiger partial charge in [-0.15, -0.1) is 6.58 Å². The van der Waals surface area contributed by atoms with E-state index in [0.717, 1.165) is 37.5 Å². The second-order valence-electron chi connectivity index (χ2n) is 9.66. The first kappa shape index (κ1) is 16.8. The minimum absolute atomic E-state index is 0.0941. The van der Waals surface area contributed by atoms with E-state index in [0.29, 0.717) is 11.8 Å². The Balaban J connectivity index is 1.65. The molecule has 0 heterocycles. The van der Waals surface area contributed by atoms with Gasteiger partial charge in [-0.05, 0) is 85.9 Å². The lowest BCUT2D eigenvalue weighted by Gasteiger charge is -2.58. The molecule has 2 N–H and O–H groups in total. The summed E-state index contributed by atoms with van der Waals surface area (Å²) < 4.78 is 0. The number of allylic oxidation sites excluding steroid dienone is 2. The molecule has 0 aromatic carbocycles. The first-order chi connectivity index (χ1) is 11.4. The molecular formula is C22H34O2. The average Bonchev–Trinajstić information content (AvgIpc) is 2.85. The van der Waals surface area contributed by atoms with Crippen molar-refractivity contribution in [2.45, 2.75) is 77.4 Å². The van der Waals surface area contributed by atoms with Crippen LogP contribution in [-0.4, -0.2) is 22.4 Å². The second-order valence-corrected chi connectivity index (χ2v) is 9.66. The number of aliphatic hydroxyl groups excluding tert-OH is 2. The van der Waals surface area contributed by atoms with Gasteiger partial charge in [-0.3, -0.25) is 0 Å². The predicted molar refractivity (Wildman–Crippen MR) is 97.4 cm³/mol. The van der Waals surface area contributed by atoms with Crippen LogP contribution in [0.4, 0.5) is 0 Å². The first-order valence-corrected chi connectivity index (χ1v) is 10.1. The molecule has 3 fully saturated rings. The zero-order chi connectivity index (χ0) is 17.1. The summed E-state index contributed by atoms with van der Waals surface area (Å²) >= 11 is 0. The molecule has 3 saturated carbocycles. The monoisotopic (exact) mass is 330 g/mol. The van der Waals surface area contributed by atoms with Gasteiger partial charge in [-0.2, -0.15) is 0 Å². The Morgan fingerprint density at radius 3 is 2.75 bits per heavy atom. The van der Waals surface area contributed by atoms with Crippen molar-refractivity contribution < 1.29 is 10.2 Å². The summed E-state index contributed by atoms with van der Waals surface area (Å²) in [6.07, 6.45) is 12.9. The molecule has 2 heteroatoms. The second kappa shape index (κ2) is 5.71. The Bertz CT molecular complexity index is 552. The fourth-order valence-electron chi connectivity index (χ4n) is 7.26. The van der Waals surface area contributed by atoms with E-state index in [2.05, 4.69) is 26.5 Å². The number of fused-ring (bicyclic) bond motifs is 5. The smallest absolute Gasteiger partial charge is 0.0608 e. The maximum atomic E-state index is 10.6. The van der Waals surface area contributed by atoms with Crippen LogP contribution in [0.2, 0.25) is 0 Å². The molecule has 0 aromatic rings. The molecule has 4 aliphatic rings. The molecule has 8 atom stereocenters. The first-order valence-electron chi connectivity index (χ1n) is 10.1. The minimum Gasteiger partial charge on any atom is -0.393 e. The number of hydrogen-bond donors (Lipinski definition) is 2. The number of rotatable bonds is 2. The lowest BCUT2D eigenvalue weighted by molar-refractivity contribution is -0.0796.